The third kappa shape index (κ3) is 4.98. The van der Waals surface area contributed by atoms with Gasteiger partial charge in [-0.2, -0.15) is 0 Å². The Bertz CT molecular complexity index is 546. The maximum Gasteiger partial charge on any atom is 0.134 e. The van der Waals surface area contributed by atoms with Crippen LogP contribution < -0.4 is 5.32 Å². The van der Waals surface area contributed by atoms with Gasteiger partial charge in [-0.15, -0.1) is 0 Å². The predicted octanol–water partition coefficient (Wildman–Crippen LogP) is 3.25. The molecule has 3 N–H and O–H groups in total. The van der Waals surface area contributed by atoms with Gasteiger partial charge in [-0.05, 0) is 50.4 Å². The minimum absolute atomic E-state index is 0.273. The molecule has 0 saturated carbocycles. The first-order valence-electron chi connectivity index (χ1n) is 7.89. The van der Waals surface area contributed by atoms with Gasteiger partial charge in [-0.1, -0.05) is 24.3 Å². The summed E-state index contributed by atoms with van der Waals surface area (Å²) in [6.45, 7) is 3.67. The molecule has 1 heterocycles. The van der Waals surface area contributed by atoms with E-state index in [-0.39, 0.29) is 6.61 Å². The van der Waals surface area contributed by atoms with E-state index in [1.807, 2.05) is 36.4 Å². The Morgan fingerprint density at radius 3 is 2.50 bits per heavy atom. The fourth-order valence-electron chi connectivity index (χ4n) is 2.30. The molecule has 1 aromatic heterocycles. The summed E-state index contributed by atoms with van der Waals surface area (Å²) in [4.78, 5) is 0. The number of furan rings is 1. The fraction of sp³-hybridized carbons (Fsp3) is 0.444. The van der Waals surface area contributed by atoms with Crippen molar-refractivity contribution in [3.05, 3.63) is 47.7 Å². The predicted molar refractivity (Wildman–Crippen MR) is 87.4 cm³/mol. The number of aliphatic hydroxyl groups excluding tert-OH is 2. The summed E-state index contributed by atoms with van der Waals surface area (Å²) in [5, 5.41) is 21.6. The molecule has 4 nitrogen and oxygen atoms in total. The van der Waals surface area contributed by atoms with Crippen LogP contribution in [0.3, 0.4) is 0 Å². The third-order valence-corrected chi connectivity index (χ3v) is 3.65. The van der Waals surface area contributed by atoms with Crippen molar-refractivity contribution in [2.75, 3.05) is 13.2 Å². The van der Waals surface area contributed by atoms with Gasteiger partial charge in [0, 0.05) is 12.2 Å². The van der Waals surface area contributed by atoms with Gasteiger partial charge >= 0.3 is 0 Å². The lowest BCUT2D eigenvalue weighted by atomic mass is 10.1. The number of rotatable bonds is 9. The quantitative estimate of drug-likeness (QED) is 0.622. The normalized spacial score (nSPS) is 12.5. The lowest BCUT2D eigenvalue weighted by molar-refractivity contribution is 0.199. The van der Waals surface area contributed by atoms with Gasteiger partial charge in [-0.25, -0.2) is 0 Å². The van der Waals surface area contributed by atoms with Gasteiger partial charge < -0.3 is 19.9 Å². The maximum absolute atomic E-state index is 9.52. The summed E-state index contributed by atoms with van der Waals surface area (Å²) < 4.78 is 5.83. The number of unbranched alkanes of at least 4 members (excludes halogenated alkanes) is 2. The smallest absolute Gasteiger partial charge is 0.134 e. The van der Waals surface area contributed by atoms with Gasteiger partial charge in [0.05, 0.1) is 12.6 Å². The van der Waals surface area contributed by atoms with E-state index in [0.717, 1.165) is 48.5 Å². The molecular weight excluding hydrogens is 278 g/mol. The SMILES string of the molecule is CC(O)c1ccc(-c2ccc(CNCCCCCO)o2)cc1. The summed E-state index contributed by atoms with van der Waals surface area (Å²) in [5.41, 5.74) is 1.92. The van der Waals surface area contributed by atoms with Crippen molar-refractivity contribution < 1.29 is 14.6 Å². The molecule has 2 rings (SSSR count). The van der Waals surface area contributed by atoms with Crippen LogP contribution in [0.5, 0.6) is 0 Å². The van der Waals surface area contributed by atoms with Crippen LogP contribution in [0.25, 0.3) is 11.3 Å². The number of hydrogen-bond acceptors (Lipinski definition) is 4. The number of hydrogen-bond donors (Lipinski definition) is 3. The summed E-state index contributed by atoms with van der Waals surface area (Å²) >= 11 is 0. The molecule has 0 aliphatic heterocycles. The minimum atomic E-state index is -0.448. The second-order valence-electron chi connectivity index (χ2n) is 5.52. The van der Waals surface area contributed by atoms with E-state index in [4.69, 9.17) is 9.52 Å². The van der Waals surface area contributed by atoms with Crippen LogP contribution in [-0.2, 0) is 6.54 Å². The first-order valence-corrected chi connectivity index (χ1v) is 7.89. The van der Waals surface area contributed by atoms with E-state index in [1.54, 1.807) is 6.92 Å². The third-order valence-electron chi connectivity index (χ3n) is 3.65. The molecule has 0 aliphatic rings. The highest BCUT2D eigenvalue weighted by Gasteiger charge is 2.06. The molecule has 1 atom stereocenters. The molecule has 0 fully saturated rings. The summed E-state index contributed by atoms with van der Waals surface area (Å²) in [5.74, 6) is 1.76. The standard InChI is InChI=1S/C18H25NO3/c1-14(21)15-5-7-16(8-6-15)18-10-9-17(22-18)13-19-11-3-2-4-12-20/h5-10,14,19-21H,2-4,11-13H2,1H3. The molecule has 0 aliphatic carbocycles. The number of benzene rings is 1. The zero-order valence-corrected chi connectivity index (χ0v) is 13.1. The highest BCUT2D eigenvalue weighted by molar-refractivity contribution is 5.58. The number of aliphatic hydroxyl groups is 2. The minimum Gasteiger partial charge on any atom is -0.460 e. The Labute approximate surface area is 131 Å². The van der Waals surface area contributed by atoms with Gasteiger partial charge in [0.15, 0.2) is 0 Å². The van der Waals surface area contributed by atoms with Crippen LogP contribution in [0.15, 0.2) is 40.8 Å². The fourth-order valence-corrected chi connectivity index (χ4v) is 2.30. The largest absolute Gasteiger partial charge is 0.460 e. The summed E-state index contributed by atoms with van der Waals surface area (Å²) in [6, 6.07) is 11.7. The Morgan fingerprint density at radius 1 is 1.05 bits per heavy atom. The first kappa shape index (κ1) is 16.7. The zero-order chi connectivity index (χ0) is 15.8. The maximum atomic E-state index is 9.52. The molecule has 1 aromatic carbocycles. The second kappa shape index (κ2) is 8.73. The van der Waals surface area contributed by atoms with E-state index in [2.05, 4.69) is 5.32 Å². The Balaban J connectivity index is 1.83. The summed E-state index contributed by atoms with van der Waals surface area (Å²) in [6.07, 6.45) is 2.53. The lowest BCUT2D eigenvalue weighted by Gasteiger charge is -2.05. The Hall–Kier alpha value is -1.62. The van der Waals surface area contributed by atoms with E-state index >= 15 is 0 Å². The average Bonchev–Trinajstić information content (AvgIpc) is 3.00. The lowest BCUT2D eigenvalue weighted by Crippen LogP contribution is -2.14. The van der Waals surface area contributed by atoms with Crippen LogP contribution in [0.4, 0.5) is 0 Å². The molecule has 2 aromatic rings. The van der Waals surface area contributed by atoms with E-state index in [1.165, 1.54) is 0 Å². The van der Waals surface area contributed by atoms with Crippen molar-refractivity contribution in [2.45, 2.75) is 38.8 Å². The van der Waals surface area contributed by atoms with Gasteiger partial charge in [-0.3, -0.25) is 0 Å². The van der Waals surface area contributed by atoms with Crippen LogP contribution in [0.1, 0.15) is 43.6 Å². The molecule has 0 amide bonds. The molecule has 0 spiro atoms. The highest BCUT2D eigenvalue weighted by atomic mass is 16.3. The van der Waals surface area contributed by atoms with Crippen LogP contribution in [0, 0.1) is 0 Å². The first-order chi connectivity index (χ1) is 10.7. The molecule has 0 bridgehead atoms. The van der Waals surface area contributed by atoms with Crippen molar-refractivity contribution >= 4 is 0 Å². The van der Waals surface area contributed by atoms with E-state index in [9.17, 15) is 5.11 Å². The van der Waals surface area contributed by atoms with E-state index < -0.39 is 6.10 Å². The molecule has 1 unspecified atom stereocenters. The highest BCUT2D eigenvalue weighted by Crippen LogP contribution is 2.24. The van der Waals surface area contributed by atoms with Crippen LogP contribution >= 0.6 is 0 Å². The van der Waals surface area contributed by atoms with E-state index in [0.29, 0.717) is 6.54 Å². The molecular formula is C18H25NO3. The average molecular weight is 303 g/mol. The topological polar surface area (TPSA) is 65.6 Å². The van der Waals surface area contributed by atoms with Gasteiger partial charge in [0.2, 0.25) is 0 Å². The number of nitrogens with one attached hydrogen (secondary N) is 1. The molecule has 0 saturated heterocycles. The van der Waals surface area contributed by atoms with Crippen molar-refractivity contribution in [3.8, 4) is 11.3 Å². The molecule has 0 radical (unpaired) electrons. The molecule has 4 heteroatoms. The molecule has 120 valence electrons. The summed E-state index contributed by atoms with van der Waals surface area (Å²) in [7, 11) is 0. The zero-order valence-electron chi connectivity index (χ0n) is 13.1. The monoisotopic (exact) mass is 303 g/mol. The van der Waals surface area contributed by atoms with Crippen LogP contribution in [-0.4, -0.2) is 23.4 Å². The van der Waals surface area contributed by atoms with Crippen molar-refractivity contribution in [2.24, 2.45) is 0 Å². The van der Waals surface area contributed by atoms with Crippen molar-refractivity contribution in [1.82, 2.24) is 5.32 Å². The van der Waals surface area contributed by atoms with Crippen molar-refractivity contribution in [1.29, 1.82) is 0 Å². The Morgan fingerprint density at radius 2 is 1.82 bits per heavy atom. The molecule has 22 heavy (non-hydrogen) atoms. The van der Waals surface area contributed by atoms with Gasteiger partial charge in [0.25, 0.3) is 0 Å². The van der Waals surface area contributed by atoms with Gasteiger partial charge in [0.1, 0.15) is 11.5 Å². The van der Waals surface area contributed by atoms with Crippen molar-refractivity contribution in [3.63, 3.8) is 0 Å². The van der Waals surface area contributed by atoms with Crippen LogP contribution in [0.2, 0.25) is 0 Å². The second-order valence-corrected chi connectivity index (χ2v) is 5.52. The Kier molecular flexibility index (Phi) is 6.65.